The number of aromatic amines is 1. The summed E-state index contributed by atoms with van der Waals surface area (Å²) in [4.78, 5) is 56.3. The van der Waals surface area contributed by atoms with Crippen molar-refractivity contribution in [3.63, 3.8) is 0 Å². The van der Waals surface area contributed by atoms with Crippen LogP contribution in [0.2, 0.25) is 0 Å². The Hall–Kier alpha value is -4.52. The van der Waals surface area contributed by atoms with Gasteiger partial charge in [0.15, 0.2) is 11.2 Å². The number of rotatable bonds is 7. The van der Waals surface area contributed by atoms with E-state index in [2.05, 4.69) is 36.3 Å². The first-order valence-corrected chi connectivity index (χ1v) is 10.9. The van der Waals surface area contributed by atoms with Gasteiger partial charge in [0, 0.05) is 31.8 Å². The largest absolute Gasteiger partial charge is 0.417 e. The van der Waals surface area contributed by atoms with Gasteiger partial charge >= 0.3 is 5.76 Å². The molecule has 1 atom stereocenters. The monoisotopic (exact) mass is 478 g/mol. The fourth-order valence-corrected chi connectivity index (χ4v) is 3.63. The summed E-state index contributed by atoms with van der Waals surface area (Å²) in [6.07, 6.45) is 1.46. The second kappa shape index (κ2) is 9.02. The van der Waals surface area contributed by atoms with Crippen molar-refractivity contribution in [2.24, 2.45) is 0 Å². The van der Waals surface area contributed by atoms with E-state index < -0.39 is 23.6 Å². The first-order chi connectivity index (χ1) is 16.9. The molecule has 3 aromatic heterocycles. The molecule has 1 aliphatic heterocycles. The quantitative estimate of drug-likeness (QED) is 0.232. The van der Waals surface area contributed by atoms with Crippen LogP contribution in [0, 0.1) is 0 Å². The third-order valence-corrected chi connectivity index (χ3v) is 5.63. The van der Waals surface area contributed by atoms with Gasteiger partial charge in [0.25, 0.3) is 11.8 Å². The molecule has 4 heterocycles. The van der Waals surface area contributed by atoms with E-state index in [0.29, 0.717) is 29.8 Å². The minimum Gasteiger partial charge on any atom is -0.408 e. The normalized spacial score (nSPS) is 14.4. The molecule has 4 aromatic rings. The van der Waals surface area contributed by atoms with Crippen molar-refractivity contribution in [1.29, 1.82) is 0 Å². The van der Waals surface area contributed by atoms with E-state index in [4.69, 9.17) is 4.42 Å². The van der Waals surface area contributed by atoms with Gasteiger partial charge in [-0.05, 0) is 24.6 Å². The van der Waals surface area contributed by atoms with E-state index in [-0.39, 0.29) is 29.9 Å². The Bertz CT molecular complexity index is 1500. The summed E-state index contributed by atoms with van der Waals surface area (Å²) in [5.41, 5.74) is 2.05. The predicted molar refractivity (Wildman–Crippen MR) is 123 cm³/mol. The summed E-state index contributed by atoms with van der Waals surface area (Å²) in [5.74, 6) is -1.94. The molecule has 5 rings (SSSR count). The number of carbonyl (C=O) groups is 3. The lowest BCUT2D eigenvalue weighted by atomic mass is 10.1. The van der Waals surface area contributed by atoms with Gasteiger partial charge in [0.2, 0.25) is 5.91 Å². The van der Waals surface area contributed by atoms with Gasteiger partial charge in [-0.1, -0.05) is 6.07 Å². The SMILES string of the molecule is C[C@H](NC(=O)c1cc(C(=O)NCc2ccc3oc(=O)[nH]c3c2)nc2ccnn12)C(=O)NC1CNC1. The Morgan fingerprint density at radius 1 is 1.20 bits per heavy atom. The van der Waals surface area contributed by atoms with Gasteiger partial charge in [-0.2, -0.15) is 5.10 Å². The molecule has 1 fully saturated rings. The maximum atomic E-state index is 13.0. The summed E-state index contributed by atoms with van der Waals surface area (Å²) >= 11 is 0. The molecule has 1 aliphatic rings. The van der Waals surface area contributed by atoms with Crippen molar-refractivity contribution in [3.8, 4) is 0 Å². The first kappa shape index (κ1) is 22.3. The Kier molecular flexibility index (Phi) is 5.74. The molecule has 13 heteroatoms. The number of oxazole rings is 1. The zero-order valence-corrected chi connectivity index (χ0v) is 18.6. The number of fused-ring (bicyclic) bond motifs is 2. The topological polar surface area (TPSA) is 176 Å². The highest BCUT2D eigenvalue weighted by atomic mass is 16.4. The van der Waals surface area contributed by atoms with E-state index in [1.807, 2.05) is 0 Å². The molecule has 3 amide bonds. The average molecular weight is 478 g/mol. The summed E-state index contributed by atoms with van der Waals surface area (Å²) in [7, 11) is 0. The number of carbonyl (C=O) groups excluding carboxylic acids is 3. The summed E-state index contributed by atoms with van der Waals surface area (Å²) < 4.78 is 6.28. The third-order valence-electron chi connectivity index (χ3n) is 5.63. The fraction of sp³-hybridized carbons (Fsp3) is 0.273. The van der Waals surface area contributed by atoms with Crippen LogP contribution >= 0.6 is 0 Å². The van der Waals surface area contributed by atoms with Crippen LogP contribution in [0.5, 0.6) is 0 Å². The number of H-pyrrole nitrogens is 1. The molecule has 0 saturated carbocycles. The molecule has 0 unspecified atom stereocenters. The number of hydrogen-bond acceptors (Lipinski definition) is 8. The number of benzene rings is 1. The molecular formula is C22H22N8O5. The maximum absolute atomic E-state index is 13.0. The number of amides is 3. The Morgan fingerprint density at radius 2 is 2.03 bits per heavy atom. The average Bonchev–Trinajstić information content (AvgIpc) is 3.43. The predicted octanol–water partition coefficient (Wildman–Crippen LogP) is -0.700. The molecule has 0 spiro atoms. The molecule has 0 aliphatic carbocycles. The summed E-state index contributed by atoms with van der Waals surface area (Å²) in [6, 6.07) is 7.19. The van der Waals surface area contributed by atoms with Crippen molar-refractivity contribution in [1.82, 2.24) is 40.8 Å². The van der Waals surface area contributed by atoms with Crippen molar-refractivity contribution < 1.29 is 18.8 Å². The molecular weight excluding hydrogens is 456 g/mol. The van der Waals surface area contributed by atoms with E-state index in [0.717, 1.165) is 5.56 Å². The minimum atomic E-state index is -0.788. The van der Waals surface area contributed by atoms with Gasteiger partial charge < -0.3 is 25.7 Å². The number of aromatic nitrogens is 4. The molecule has 1 saturated heterocycles. The lowest BCUT2D eigenvalue weighted by Crippen LogP contribution is -2.60. The van der Waals surface area contributed by atoms with Crippen molar-refractivity contribution in [2.75, 3.05) is 13.1 Å². The Morgan fingerprint density at radius 3 is 2.80 bits per heavy atom. The van der Waals surface area contributed by atoms with E-state index in [1.54, 1.807) is 31.2 Å². The second-order valence-electron chi connectivity index (χ2n) is 8.21. The standard InChI is InChI=1S/C22H22N8O5/c1-11(19(31)27-13-9-23-10-13)26-21(33)16-7-15(28-18-4-5-25-30(16)18)20(32)24-8-12-2-3-17-14(6-12)29-22(34)35-17/h2-7,11,13,23H,8-10H2,1H3,(H,24,32)(H,26,33)(H,27,31)(H,29,34)/t11-/m0/s1. The van der Waals surface area contributed by atoms with Crippen molar-refractivity contribution >= 4 is 34.5 Å². The van der Waals surface area contributed by atoms with Crippen molar-refractivity contribution in [2.45, 2.75) is 25.6 Å². The minimum absolute atomic E-state index is 0.0126. The van der Waals surface area contributed by atoms with Crippen LogP contribution in [0.25, 0.3) is 16.7 Å². The fourth-order valence-electron chi connectivity index (χ4n) is 3.63. The highest BCUT2D eigenvalue weighted by Gasteiger charge is 2.25. The zero-order valence-electron chi connectivity index (χ0n) is 18.6. The van der Waals surface area contributed by atoms with Gasteiger partial charge in [0.05, 0.1) is 17.8 Å². The van der Waals surface area contributed by atoms with Crippen LogP contribution in [-0.2, 0) is 11.3 Å². The highest BCUT2D eigenvalue weighted by molar-refractivity contribution is 6.00. The number of nitrogens with one attached hydrogen (secondary N) is 5. The Balaban J connectivity index is 1.30. The van der Waals surface area contributed by atoms with Crippen LogP contribution in [0.4, 0.5) is 0 Å². The maximum Gasteiger partial charge on any atom is 0.417 e. The molecule has 0 radical (unpaired) electrons. The zero-order chi connectivity index (χ0) is 24.5. The smallest absolute Gasteiger partial charge is 0.408 e. The third kappa shape index (κ3) is 4.61. The van der Waals surface area contributed by atoms with E-state index in [9.17, 15) is 19.2 Å². The van der Waals surface area contributed by atoms with Crippen LogP contribution < -0.4 is 27.0 Å². The molecule has 1 aromatic carbocycles. The lowest BCUT2D eigenvalue weighted by molar-refractivity contribution is -0.123. The second-order valence-corrected chi connectivity index (χ2v) is 8.21. The molecule has 5 N–H and O–H groups in total. The first-order valence-electron chi connectivity index (χ1n) is 10.9. The van der Waals surface area contributed by atoms with Gasteiger partial charge in [0.1, 0.15) is 17.4 Å². The molecule has 35 heavy (non-hydrogen) atoms. The van der Waals surface area contributed by atoms with Crippen molar-refractivity contribution in [3.05, 3.63) is 64.0 Å². The molecule has 180 valence electrons. The van der Waals surface area contributed by atoms with Crippen LogP contribution in [0.15, 0.2) is 45.7 Å². The lowest BCUT2D eigenvalue weighted by Gasteiger charge is -2.29. The van der Waals surface area contributed by atoms with Gasteiger partial charge in [-0.3, -0.25) is 19.4 Å². The van der Waals surface area contributed by atoms with E-state index >= 15 is 0 Å². The molecule has 13 nitrogen and oxygen atoms in total. The summed E-state index contributed by atoms with van der Waals surface area (Å²) in [6.45, 7) is 3.12. The Labute approximate surface area is 197 Å². The summed E-state index contributed by atoms with van der Waals surface area (Å²) in [5, 5.41) is 15.4. The number of hydrogen-bond donors (Lipinski definition) is 5. The van der Waals surface area contributed by atoms with Gasteiger partial charge in [-0.15, -0.1) is 0 Å². The van der Waals surface area contributed by atoms with Gasteiger partial charge in [-0.25, -0.2) is 14.3 Å². The van der Waals surface area contributed by atoms with Crippen LogP contribution in [0.1, 0.15) is 33.5 Å². The molecule has 0 bridgehead atoms. The number of nitrogens with zero attached hydrogens (tertiary/aromatic N) is 3. The van der Waals surface area contributed by atoms with Crippen LogP contribution in [-0.4, -0.2) is 62.5 Å². The van der Waals surface area contributed by atoms with Crippen LogP contribution in [0.3, 0.4) is 0 Å². The highest BCUT2D eigenvalue weighted by Crippen LogP contribution is 2.13. The van der Waals surface area contributed by atoms with E-state index in [1.165, 1.54) is 16.8 Å².